The van der Waals surface area contributed by atoms with Crippen molar-refractivity contribution >= 4 is 5.91 Å². The molecule has 0 unspecified atom stereocenters. The number of hydrogen-bond donors (Lipinski definition) is 1. The molecule has 1 aromatic rings. The third kappa shape index (κ3) is 4.84. The fourth-order valence-corrected chi connectivity index (χ4v) is 2.94. The van der Waals surface area contributed by atoms with Crippen molar-refractivity contribution in [3.8, 4) is 0 Å². The Morgan fingerprint density at radius 2 is 1.77 bits per heavy atom. The molecule has 1 saturated heterocycles. The SMILES string of the molecule is CC(C)Cc1ccc([C@@H](C)C(=O)NN2CCC(C)CC2)cc1. The van der Waals surface area contributed by atoms with Crippen LogP contribution in [0.1, 0.15) is 57.6 Å². The second-order valence-electron chi connectivity index (χ2n) is 7.21. The first-order chi connectivity index (χ1) is 10.5. The molecule has 1 heterocycles. The normalized spacial score (nSPS) is 18.4. The highest BCUT2D eigenvalue weighted by Crippen LogP contribution is 2.19. The summed E-state index contributed by atoms with van der Waals surface area (Å²) in [6.45, 7) is 10.6. The Labute approximate surface area is 135 Å². The molecule has 0 aliphatic carbocycles. The van der Waals surface area contributed by atoms with Crippen LogP contribution in [-0.4, -0.2) is 24.0 Å². The molecule has 0 radical (unpaired) electrons. The summed E-state index contributed by atoms with van der Waals surface area (Å²) in [4.78, 5) is 12.4. The van der Waals surface area contributed by atoms with Gasteiger partial charge >= 0.3 is 0 Å². The van der Waals surface area contributed by atoms with E-state index in [9.17, 15) is 4.79 Å². The number of amides is 1. The van der Waals surface area contributed by atoms with E-state index in [2.05, 4.69) is 55.5 Å². The molecular weight excluding hydrogens is 272 g/mol. The van der Waals surface area contributed by atoms with E-state index in [1.54, 1.807) is 0 Å². The third-order valence-corrected chi connectivity index (χ3v) is 4.57. The summed E-state index contributed by atoms with van der Waals surface area (Å²) in [6.07, 6.45) is 3.42. The second-order valence-corrected chi connectivity index (χ2v) is 7.21. The zero-order valence-corrected chi connectivity index (χ0v) is 14.4. The van der Waals surface area contributed by atoms with Gasteiger partial charge < -0.3 is 0 Å². The van der Waals surface area contributed by atoms with E-state index in [0.717, 1.165) is 31.0 Å². The summed E-state index contributed by atoms with van der Waals surface area (Å²) in [5, 5.41) is 2.08. The topological polar surface area (TPSA) is 32.3 Å². The summed E-state index contributed by atoms with van der Waals surface area (Å²) in [5.41, 5.74) is 5.52. The molecule has 1 N–H and O–H groups in total. The van der Waals surface area contributed by atoms with Gasteiger partial charge in [0.1, 0.15) is 0 Å². The fourth-order valence-electron chi connectivity index (χ4n) is 2.94. The molecule has 1 amide bonds. The van der Waals surface area contributed by atoms with Gasteiger partial charge in [-0.05, 0) is 49.1 Å². The maximum atomic E-state index is 12.4. The van der Waals surface area contributed by atoms with Gasteiger partial charge in [0.2, 0.25) is 5.91 Å². The van der Waals surface area contributed by atoms with Crippen molar-refractivity contribution in [2.45, 2.75) is 52.9 Å². The molecular formula is C19H30N2O. The number of hydrazine groups is 1. The molecule has 1 aromatic carbocycles. The average molecular weight is 302 g/mol. The van der Waals surface area contributed by atoms with Gasteiger partial charge in [0.05, 0.1) is 5.92 Å². The summed E-state index contributed by atoms with van der Waals surface area (Å²) < 4.78 is 0. The first kappa shape index (κ1) is 17.0. The van der Waals surface area contributed by atoms with Crippen LogP contribution >= 0.6 is 0 Å². The van der Waals surface area contributed by atoms with Crippen LogP contribution in [0, 0.1) is 11.8 Å². The first-order valence-electron chi connectivity index (χ1n) is 8.60. The van der Waals surface area contributed by atoms with E-state index >= 15 is 0 Å². The van der Waals surface area contributed by atoms with Gasteiger partial charge in [-0.2, -0.15) is 0 Å². The lowest BCUT2D eigenvalue weighted by molar-refractivity contribution is -0.127. The van der Waals surface area contributed by atoms with E-state index in [-0.39, 0.29) is 11.8 Å². The van der Waals surface area contributed by atoms with Gasteiger partial charge in [0, 0.05) is 13.1 Å². The summed E-state index contributed by atoms with van der Waals surface area (Å²) in [6, 6.07) is 8.50. The molecule has 0 saturated carbocycles. The number of hydrogen-bond acceptors (Lipinski definition) is 2. The van der Waals surface area contributed by atoms with E-state index in [1.807, 2.05) is 6.92 Å². The van der Waals surface area contributed by atoms with Crippen LogP contribution < -0.4 is 5.43 Å². The number of piperidine rings is 1. The first-order valence-corrected chi connectivity index (χ1v) is 8.60. The van der Waals surface area contributed by atoms with E-state index in [0.29, 0.717) is 5.92 Å². The smallest absolute Gasteiger partial charge is 0.241 e. The van der Waals surface area contributed by atoms with Crippen molar-refractivity contribution < 1.29 is 4.79 Å². The molecule has 1 aliphatic heterocycles. The minimum Gasteiger partial charge on any atom is -0.288 e. The predicted molar refractivity (Wildman–Crippen MR) is 91.5 cm³/mol. The van der Waals surface area contributed by atoms with Crippen molar-refractivity contribution in [2.75, 3.05) is 13.1 Å². The highest BCUT2D eigenvalue weighted by atomic mass is 16.2. The summed E-state index contributed by atoms with van der Waals surface area (Å²) >= 11 is 0. The van der Waals surface area contributed by atoms with Gasteiger partial charge in [0.25, 0.3) is 0 Å². The molecule has 3 nitrogen and oxygen atoms in total. The minimum atomic E-state index is -0.104. The predicted octanol–water partition coefficient (Wildman–Crippen LogP) is 3.75. The van der Waals surface area contributed by atoms with Gasteiger partial charge in [-0.25, -0.2) is 5.01 Å². The number of rotatable bonds is 5. The zero-order chi connectivity index (χ0) is 16.1. The van der Waals surface area contributed by atoms with Gasteiger partial charge in [-0.3, -0.25) is 10.2 Å². The van der Waals surface area contributed by atoms with Gasteiger partial charge in [0.15, 0.2) is 0 Å². The Bertz CT molecular complexity index is 473. The Morgan fingerprint density at radius 3 is 2.32 bits per heavy atom. The summed E-state index contributed by atoms with van der Waals surface area (Å²) in [7, 11) is 0. The molecule has 1 atom stereocenters. The van der Waals surface area contributed by atoms with Gasteiger partial charge in [-0.15, -0.1) is 0 Å². The Balaban J connectivity index is 1.89. The van der Waals surface area contributed by atoms with Crippen molar-refractivity contribution in [3.05, 3.63) is 35.4 Å². The van der Waals surface area contributed by atoms with Crippen LogP contribution in [0.25, 0.3) is 0 Å². The Hall–Kier alpha value is -1.35. The van der Waals surface area contributed by atoms with Crippen LogP contribution in [0.5, 0.6) is 0 Å². The molecule has 22 heavy (non-hydrogen) atoms. The monoisotopic (exact) mass is 302 g/mol. The molecule has 0 spiro atoms. The van der Waals surface area contributed by atoms with Crippen molar-refractivity contribution in [1.82, 2.24) is 10.4 Å². The maximum absolute atomic E-state index is 12.4. The molecule has 2 rings (SSSR count). The highest BCUT2D eigenvalue weighted by molar-refractivity contribution is 5.82. The summed E-state index contributed by atoms with van der Waals surface area (Å²) in [5.74, 6) is 1.44. The van der Waals surface area contributed by atoms with Crippen LogP contribution in [0.4, 0.5) is 0 Å². The number of nitrogens with one attached hydrogen (secondary N) is 1. The van der Waals surface area contributed by atoms with Crippen LogP contribution in [0.15, 0.2) is 24.3 Å². The number of nitrogens with zero attached hydrogens (tertiary/aromatic N) is 1. The minimum absolute atomic E-state index is 0.103. The van der Waals surface area contributed by atoms with Gasteiger partial charge in [-0.1, -0.05) is 45.0 Å². The number of carbonyl (C=O) groups excluding carboxylic acids is 1. The lowest BCUT2D eigenvalue weighted by Crippen LogP contribution is -2.47. The van der Waals surface area contributed by atoms with E-state index < -0.39 is 0 Å². The quantitative estimate of drug-likeness (QED) is 0.898. The highest BCUT2D eigenvalue weighted by Gasteiger charge is 2.21. The number of carbonyl (C=O) groups is 1. The van der Waals surface area contributed by atoms with Crippen molar-refractivity contribution in [1.29, 1.82) is 0 Å². The average Bonchev–Trinajstić information content (AvgIpc) is 2.49. The lowest BCUT2D eigenvalue weighted by atomic mass is 9.96. The zero-order valence-electron chi connectivity index (χ0n) is 14.4. The molecule has 122 valence electrons. The van der Waals surface area contributed by atoms with E-state index in [1.165, 1.54) is 18.4 Å². The molecule has 1 fully saturated rings. The standard InChI is InChI=1S/C19H30N2O/c1-14(2)13-17-5-7-18(8-6-17)16(4)19(22)20-21-11-9-15(3)10-12-21/h5-8,14-16H,9-13H2,1-4H3,(H,20,22)/t16-/m1/s1. The molecule has 3 heteroatoms. The third-order valence-electron chi connectivity index (χ3n) is 4.57. The van der Waals surface area contributed by atoms with E-state index in [4.69, 9.17) is 0 Å². The van der Waals surface area contributed by atoms with Crippen LogP contribution in [0.2, 0.25) is 0 Å². The Kier molecular flexibility index (Phi) is 6.01. The van der Waals surface area contributed by atoms with Crippen molar-refractivity contribution in [3.63, 3.8) is 0 Å². The fraction of sp³-hybridized carbons (Fsp3) is 0.632. The second kappa shape index (κ2) is 7.77. The van der Waals surface area contributed by atoms with Crippen LogP contribution in [0.3, 0.4) is 0 Å². The maximum Gasteiger partial charge on any atom is 0.241 e. The lowest BCUT2D eigenvalue weighted by Gasteiger charge is -2.31. The number of benzene rings is 1. The molecule has 0 aromatic heterocycles. The molecule has 1 aliphatic rings. The van der Waals surface area contributed by atoms with Crippen molar-refractivity contribution in [2.24, 2.45) is 11.8 Å². The van der Waals surface area contributed by atoms with Crippen LogP contribution in [-0.2, 0) is 11.2 Å². The largest absolute Gasteiger partial charge is 0.288 e. The molecule has 0 bridgehead atoms. The Morgan fingerprint density at radius 1 is 1.18 bits per heavy atom.